The number of pyridine rings is 1. The molecule has 3 nitrogen and oxygen atoms in total. The Hall–Kier alpha value is -2.76. The van der Waals surface area contributed by atoms with Crippen LogP contribution in [-0.4, -0.2) is 29.7 Å². The molecule has 25 heavy (non-hydrogen) atoms. The minimum absolute atomic E-state index is 0.152. The summed E-state index contributed by atoms with van der Waals surface area (Å²) in [5.41, 5.74) is 0.853. The van der Waals surface area contributed by atoms with Crippen molar-refractivity contribution in [3.63, 3.8) is 0 Å². The number of halogens is 3. The Labute approximate surface area is 144 Å². The van der Waals surface area contributed by atoms with Crippen molar-refractivity contribution in [2.75, 3.05) is 13.7 Å². The number of rotatable bonds is 4. The molecule has 0 atom stereocenters. The number of benzene rings is 1. The smallest absolute Gasteiger partial charge is 0.418 e. The standard InChI is InChI=1S/C19H17F3N2O/c1-25-16-8-6-14(7-9-16)13-24-11-3-5-17(19(20,21)22)18(24)15-4-2-10-23-12-15/h2-10,12H,11,13H2,1H3. The maximum atomic E-state index is 13.5. The van der Waals surface area contributed by atoms with E-state index in [0.29, 0.717) is 24.4 Å². The van der Waals surface area contributed by atoms with Crippen LogP contribution in [0, 0.1) is 0 Å². The summed E-state index contributed by atoms with van der Waals surface area (Å²) in [6, 6.07) is 10.6. The van der Waals surface area contributed by atoms with Gasteiger partial charge in [0.25, 0.3) is 0 Å². The van der Waals surface area contributed by atoms with E-state index in [4.69, 9.17) is 4.74 Å². The molecule has 0 radical (unpaired) electrons. The molecule has 1 aliphatic heterocycles. The first-order valence-electron chi connectivity index (χ1n) is 7.75. The fourth-order valence-corrected chi connectivity index (χ4v) is 2.80. The maximum Gasteiger partial charge on any atom is 0.418 e. The van der Waals surface area contributed by atoms with Gasteiger partial charge in [-0.2, -0.15) is 13.2 Å². The van der Waals surface area contributed by atoms with Gasteiger partial charge < -0.3 is 9.64 Å². The third-order valence-corrected chi connectivity index (χ3v) is 3.95. The normalized spacial score (nSPS) is 14.8. The second kappa shape index (κ2) is 7.01. The molecule has 2 heterocycles. The molecule has 0 aliphatic carbocycles. The van der Waals surface area contributed by atoms with Gasteiger partial charge in [-0.05, 0) is 29.8 Å². The van der Waals surface area contributed by atoms with Crippen LogP contribution in [0.15, 0.2) is 66.5 Å². The van der Waals surface area contributed by atoms with Crippen LogP contribution in [-0.2, 0) is 6.54 Å². The highest BCUT2D eigenvalue weighted by atomic mass is 19.4. The van der Waals surface area contributed by atoms with Crippen LogP contribution in [0.25, 0.3) is 5.70 Å². The molecule has 6 heteroatoms. The lowest BCUT2D eigenvalue weighted by Crippen LogP contribution is -2.29. The Morgan fingerprint density at radius 1 is 1.16 bits per heavy atom. The first-order valence-corrected chi connectivity index (χ1v) is 7.75. The summed E-state index contributed by atoms with van der Waals surface area (Å²) in [4.78, 5) is 5.68. The van der Waals surface area contributed by atoms with E-state index in [9.17, 15) is 13.2 Å². The van der Waals surface area contributed by atoms with Crippen molar-refractivity contribution in [3.05, 3.63) is 77.6 Å². The number of aromatic nitrogens is 1. The van der Waals surface area contributed by atoms with Gasteiger partial charge in [-0.15, -0.1) is 0 Å². The number of allylic oxidation sites excluding steroid dienone is 2. The zero-order valence-corrected chi connectivity index (χ0v) is 13.6. The summed E-state index contributed by atoms with van der Waals surface area (Å²) in [7, 11) is 1.57. The minimum Gasteiger partial charge on any atom is -0.497 e. The number of ether oxygens (including phenoxy) is 1. The van der Waals surface area contributed by atoms with Crippen LogP contribution in [0.4, 0.5) is 13.2 Å². The summed E-state index contributed by atoms with van der Waals surface area (Å²) >= 11 is 0. The predicted octanol–water partition coefficient (Wildman–Crippen LogP) is 4.44. The molecule has 3 rings (SSSR count). The summed E-state index contributed by atoms with van der Waals surface area (Å²) in [5, 5.41) is 0. The van der Waals surface area contributed by atoms with Crippen molar-refractivity contribution in [1.82, 2.24) is 9.88 Å². The molecule has 0 unspecified atom stereocenters. The Kier molecular flexibility index (Phi) is 4.79. The van der Waals surface area contributed by atoms with E-state index in [2.05, 4.69) is 4.98 Å². The fraction of sp³-hybridized carbons (Fsp3) is 0.211. The van der Waals surface area contributed by atoms with Gasteiger partial charge in [0.1, 0.15) is 5.75 Å². The largest absolute Gasteiger partial charge is 0.497 e. The molecule has 0 spiro atoms. The van der Waals surface area contributed by atoms with Crippen LogP contribution in [0.1, 0.15) is 11.1 Å². The molecule has 0 bridgehead atoms. The Morgan fingerprint density at radius 3 is 2.52 bits per heavy atom. The topological polar surface area (TPSA) is 25.4 Å². The molecule has 0 saturated heterocycles. The van der Waals surface area contributed by atoms with Gasteiger partial charge in [-0.25, -0.2) is 0 Å². The van der Waals surface area contributed by atoms with Gasteiger partial charge in [0.05, 0.1) is 18.4 Å². The second-order valence-electron chi connectivity index (χ2n) is 5.63. The molecule has 1 aliphatic rings. The van der Waals surface area contributed by atoms with E-state index < -0.39 is 11.7 Å². The van der Waals surface area contributed by atoms with E-state index >= 15 is 0 Å². The third-order valence-electron chi connectivity index (χ3n) is 3.95. The summed E-state index contributed by atoms with van der Waals surface area (Å²) in [6.45, 7) is 0.758. The van der Waals surface area contributed by atoms with Gasteiger partial charge in [0, 0.05) is 31.0 Å². The molecule has 1 aromatic heterocycles. The highest BCUT2D eigenvalue weighted by Gasteiger charge is 2.37. The molecular weight excluding hydrogens is 329 g/mol. The van der Waals surface area contributed by atoms with Crippen LogP contribution < -0.4 is 4.74 Å². The molecule has 0 N–H and O–H groups in total. The lowest BCUT2D eigenvalue weighted by atomic mass is 10.0. The second-order valence-corrected chi connectivity index (χ2v) is 5.63. The number of alkyl halides is 3. The van der Waals surface area contributed by atoms with Crippen molar-refractivity contribution >= 4 is 5.70 Å². The highest BCUT2D eigenvalue weighted by Crippen LogP contribution is 2.37. The van der Waals surface area contributed by atoms with Crippen LogP contribution in [0.2, 0.25) is 0 Å². The van der Waals surface area contributed by atoms with E-state index in [1.807, 2.05) is 12.1 Å². The SMILES string of the molecule is COc1ccc(CN2CC=CC(C(F)(F)F)=C2c2cccnc2)cc1. The van der Waals surface area contributed by atoms with Gasteiger partial charge >= 0.3 is 6.18 Å². The molecule has 2 aromatic rings. The monoisotopic (exact) mass is 346 g/mol. The Morgan fingerprint density at radius 2 is 1.92 bits per heavy atom. The zero-order chi connectivity index (χ0) is 17.9. The number of hydrogen-bond acceptors (Lipinski definition) is 3. The average molecular weight is 346 g/mol. The average Bonchev–Trinajstić information content (AvgIpc) is 2.62. The number of nitrogens with zero attached hydrogens (tertiary/aromatic N) is 2. The summed E-state index contributed by atoms with van der Waals surface area (Å²) in [6.07, 6.45) is 1.25. The third kappa shape index (κ3) is 3.84. The van der Waals surface area contributed by atoms with Crippen molar-refractivity contribution < 1.29 is 17.9 Å². The molecule has 0 amide bonds. The number of methoxy groups -OCH3 is 1. The van der Waals surface area contributed by atoms with Crippen LogP contribution in [0.5, 0.6) is 5.75 Å². The van der Waals surface area contributed by atoms with E-state index in [0.717, 1.165) is 11.6 Å². The molecule has 0 saturated carbocycles. The first kappa shape index (κ1) is 17.1. The predicted molar refractivity (Wildman–Crippen MR) is 89.8 cm³/mol. The lowest BCUT2D eigenvalue weighted by molar-refractivity contribution is -0.0886. The summed E-state index contributed by atoms with van der Waals surface area (Å²) < 4.78 is 45.7. The Balaban J connectivity index is 1.99. The quantitative estimate of drug-likeness (QED) is 0.819. The highest BCUT2D eigenvalue weighted by molar-refractivity contribution is 5.71. The van der Waals surface area contributed by atoms with E-state index in [-0.39, 0.29) is 5.70 Å². The fourth-order valence-electron chi connectivity index (χ4n) is 2.80. The maximum absolute atomic E-state index is 13.5. The molecule has 130 valence electrons. The first-order chi connectivity index (χ1) is 12.0. The van der Waals surface area contributed by atoms with Crippen molar-refractivity contribution in [3.8, 4) is 5.75 Å². The molecule has 0 fully saturated rings. The van der Waals surface area contributed by atoms with Crippen LogP contribution in [0.3, 0.4) is 0 Å². The summed E-state index contributed by atoms with van der Waals surface area (Å²) in [5.74, 6) is 0.710. The van der Waals surface area contributed by atoms with Crippen molar-refractivity contribution in [2.45, 2.75) is 12.7 Å². The van der Waals surface area contributed by atoms with E-state index in [1.54, 1.807) is 42.5 Å². The van der Waals surface area contributed by atoms with Gasteiger partial charge in [0.15, 0.2) is 0 Å². The van der Waals surface area contributed by atoms with Crippen molar-refractivity contribution in [2.24, 2.45) is 0 Å². The van der Waals surface area contributed by atoms with Gasteiger partial charge in [-0.1, -0.05) is 24.3 Å². The lowest BCUT2D eigenvalue weighted by Gasteiger charge is -2.32. The van der Waals surface area contributed by atoms with Crippen molar-refractivity contribution in [1.29, 1.82) is 0 Å². The van der Waals surface area contributed by atoms with E-state index in [1.165, 1.54) is 12.3 Å². The van der Waals surface area contributed by atoms with Gasteiger partial charge in [0.2, 0.25) is 0 Å². The number of hydrogen-bond donors (Lipinski definition) is 0. The van der Waals surface area contributed by atoms with Gasteiger partial charge in [-0.3, -0.25) is 4.98 Å². The molecular formula is C19H17F3N2O. The minimum atomic E-state index is -4.43. The Bertz CT molecular complexity index is 781. The zero-order valence-electron chi connectivity index (χ0n) is 13.6. The molecule has 1 aromatic carbocycles. The van der Waals surface area contributed by atoms with Crippen LogP contribution >= 0.6 is 0 Å².